The van der Waals surface area contributed by atoms with Gasteiger partial charge in [0, 0.05) is 0 Å². The van der Waals surface area contributed by atoms with Crippen molar-refractivity contribution in [3.8, 4) is 0 Å². The fraction of sp³-hybridized carbons (Fsp3) is 0.900. The normalized spacial score (nSPS) is 55.3. The smallest absolute Gasteiger partial charge is 0.310 e. The highest BCUT2D eigenvalue weighted by atomic mass is 16.4. The molecule has 186 valence electrons. The molecule has 3 nitrogen and oxygen atoms in total. The second-order valence-electron chi connectivity index (χ2n) is 14.5. The quantitative estimate of drug-likeness (QED) is 0.414. The minimum atomic E-state index is -0.557. The van der Waals surface area contributed by atoms with Gasteiger partial charge >= 0.3 is 5.97 Å². The first-order valence-corrected chi connectivity index (χ1v) is 13.9. The second kappa shape index (κ2) is 7.11. The Morgan fingerprint density at radius 2 is 1.61 bits per heavy atom. The van der Waals surface area contributed by atoms with E-state index in [4.69, 9.17) is 0 Å². The fourth-order valence-electron chi connectivity index (χ4n) is 10.8. The third-order valence-corrected chi connectivity index (χ3v) is 13.4. The minimum absolute atomic E-state index is 0.0302. The number of allylic oxidation sites excluding steroid dienone is 2. The summed E-state index contributed by atoms with van der Waals surface area (Å²) in [4.78, 5) is 12.8. The van der Waals surface area contributed by atoms with Crippen molar-refractivity contribution < 1.29 is 15.0 Å². The van der Waals surface area contributed by atoms with Crippen LogP contribution in [0.5, 0.6) is 0 Å². The second-order valence-corrected chi connectivity index (χ2v) is 14.5. The number of rotatable bonds is 1. The van der Waals surface area contributed by atoms with Crippen molar-refractivity contribution in [3.63, 3.8) is 0 Å². The Kier molecular flexibility index (Phi) is 5.15. The molecule has 0 aliphatic heterocycles. The Morgan fingerprint density at radius 1 is 0.909 bits per heavy atom. The molecule has 0 saturated heterocycles. The fourth-order valence-corrected chi connectivity index (χ4v) is 10.8. The van der Waals surface area contributed by atoms with Crippen LogP contribution in [0.4, 0.5) is 0 Å². The maximum Gasteiger partial charge on any atom is 0.310 e. The van der Waals surface area contributed by atoms with Crippen molar-refractivity contribution in [1.29, 1.82) is 0 Å². The number of carbonyl (C=O) groups is 1. The Balaban J connectivity index is 1.61. The predicted octanol–water partition coefficient (Wildman–Crippen LogP) is 7.09. The first kappa shape index (κ1) is 23.9. The molecule has 0 radical (unpaired) electrons. The molecule has 4 saturated carbocycles. The highest BCUT2D eigenvalue weighted by Crippen LogP contribution is 2.75. The number of aliphatic carboxylic acids is 1. The zero-order valence-corrected chi connectivity index (χ0v) is 22.2. The van der Waals surface area contributed by atoms with Crippen molar-refractivity contribution >= 4 is 5.97 Å². The van der Waals surface area contributed by atoms with Crippen LogP contribution in [-0.2, 0) is 4.79 Å². The van der Waals surface area contributed by atoms with Crippen molar-refractivity contribution in [1.82, 2.24) is 0 Å². The number of hydrogen-bond donors (Lipinski definition) is 2. The summed E-state index contributed by atoms with van der Waals surface area (Å²) < 4.78 is 0. The molecule has 0 unspecified atom stereocenters. The average molecular weight is 457 g/mol. The molecule has 0 aromatic rings. The molecule has 5 aliphatic rings. The predicted molar refractivity (Wildman–Crippen MR) is 133 cm³/mol. The number of hydrogen-bond acceptors (Lipinski definition) is 2. The van der Waals surface area contributed by atoms with Gasteiger partial charge in [-0.25, -0.2) is 0 Å². The molecule has 0 heterocycles. The summed E-state index contributed by atoms with van der Waals surface area (Å²) in [6, 6.07) is 0. The molecule has 2 N–H and O–H groups in total. The SMILES string of the molecule is C[C@H]1[C@H](C)CC[C@]2(C(=O)O)CC[C@]3(C)C(=CC[C@@H]4[C@@]5(C)CC[C@H](O)C(C)(C)[C@H]5CC[C@]43C)[C@@H]12. The molecule has 0 aromatic heterocycles. The van der Waals surface area contributed by atoms with E-state index in [1.165, 1.54) is 18.4 Å². The van der Waals surface area contributed by atoms with Crippen molar-refractivity contribution in [3.05, 3.63) is 11.6 Å². The first-order chi connectivity index (χ1) is 15.3. The lowest BCUT2D eigenvalue weighted by atomic mass is 9.33. The molecule has 0 amide bonds. The van der Waals surface area contributed by atoms with Gasteiger partial charge in [-0.3, -0.25) is 4.79 Å². The molecule has 3 heteroatoms. The molecular formula is C30H48O3. The number of carboxylic acids is 1. The van der Waals surface area contributed by atoms with Crippen LogP contribution in [0.2, 0.25) is 0 Å². The molecule has 0 aromatic carbocycles. The number of carboxylic acid groups (broad SMARTS) is 1. The van der Waals surface area contributed by atoms with E-state index >= 15 is 0 Å². The van der Waals surface area contributed by atoms with Crippen LogP contribution in [-0.4, -0.2) is 22.3 Å². The van der Waals surface area contributed by atoms with Gasteiger partial charge in [-0.1, -0.05) is 60.1 Å². The number of aliphatic hydroxyl groups is 1. The Morgan fingerprint density at radius 3 is 2.27 bits per heavy atom. The number of aliphatic hydroxyl groups excluding tert-OH is 1. The summed E-state index contributed by atoms with van der Waals surface area (Å²) in [6.45, 7) is 17.0. The number of fused-ring (bicyclic) bond motifs is 7. The minimum Gasteiger partial charge on any atom is -0.481 e. The summed E-state index contributed by atoms with van der Waals surface area (Å²) in [5, 5.41) is 21.4. The zero-order valence-electron chi connectivity index (χ0n) is 22.2. The van der Waals surface area contributed by atoms with Crippen LogP contribution in [0.3, 0.4) is 0 Å². The van der Waals surface area contributed by atoms with Gasteiger partial charge in [0.25, 0.3) is 0 Å². The third kappa shape index (κ3) is 2.75. The van der Waals surface area contributed by atoms with Crippen LogP contribution in [0.1, 0.15) is 106 Å². The van der Waals surface area contributed by atoms with Crippen LogP contribution in [0, 0.1) is 56.7 Å². The maximum atomic E-state index is 12.8. The lowest BCUT2D eigenvalue weighted by molar-refractivity contribution is -0.206. The molecule has 5 rings (SSSR count). The molecule has 0 spiro atoms. The van der Waals surface area contributed by atoms with Crippen molar-refractivity contribution in [2.45, 2.75) is 112 Å². The summed E-state index contributed by atoms with van der Waals surface area (Å²) in [5.41, 5.74) is 1.46. The lowest BCUT2D eigenvalue weighted by Gasteiger charge is -2.71. The standard InChI is InChI=1S/C30H48O3/c1-18-10-15-30(25(32)33)17-16-28(6)20(24(30)19(18)2)8-9-22-27(5)13-12-23(31)26(3,4)21(27)11-14-29(22,28)7/h8,18-19,21-24,31H,9-17H2,1-7H3,(H,32,33)/t18-,19+,21-,22-,23+,24-,27+,28-,29-,30+/m1/s1. The monoisotopic (exact) mass is 456 g/mol. The van der Waals surface area contributed by atoms with Gasteiger partial charge in [-0.15, -0.1) is 0 Å². The summed E-state index contributed by atoms with van der Waals surface area (Å²) in [5.74, 6) is 1.82. The highest BCUT2D eigenvalue weighted by Gasteiger charge is 2.69. The average Bonchev–Trinajstić information content (AvgIpc) is 2.74. The largest absolute Gasteiger partial charge is 0.481 e. The van der Waals surface area contributed by atoms with Crippen LogP contribution in [0.25, 0.3) is 0 Å². The van der Waals surface area contributed by atoms with Crippen LogP contribution in [0.15, 0.2) is 11.6 Å². The van der Waals surface area contributed by atoms with Gasteiger partial charge < -0.3 is 10.2 Å². The van der Waals surface area contributed by atoms with Gasteiger partial charge in [0.15, 0.2) is 0 Å². The van der Waals surface area contributed by atoms with E-state index in [2.05, 4.69) is 54.5 Å². The van der Waals surface area contributed by atoms with E-state index in [0.29, 0.717) is 23.7 Å². The van der Waals surface area contributed by atoms with Gasteiger partial charge in [-0.2, -0.15) is 0 Å². The van der Waals surface area contributed by atoms with Gasteiger partial charge in [0.05, 0.1) is 11.5 Å². The Labute approximate surface area is 201 Å². The van der Waals surface area contributed by atoms with E-state index in [9.17, 15) is 15.0 Å². The van der Waals surface area contributed by atoms with Gasteiger partial charge in [0.1, 0.15) is 0 Å². The lowest BCUT2D eigenvalue weighted by Crippen LogP contribution is -2.65. The maximum absolute atomic E-state index is 12.8. The topological polar surface area (TPSA) is 57.5 Å². The molecule has 0 bridgehead atoms. The van der Waals surface area contributed by atoms with E-state index < -0.39 is 11.4 Å². The first-order valence-electron chi connectivity index (χ1n) is 13.9. The van der Waals surface area contributed by atoms with E-state index in [0.717, 1.165) is 44.9 Å². The Hall–Kier alpha value is -0.830. The van der Waals surface area contributed by atoms with E-state index in [1.54, 1.807) is 0 Å². The highest BCUT2D eigenvalue weighted by molar-refractivity contribution is 5.76. The van der Waals surface area contributed by atoms with Crippen molar-refractivity contribution in [2.24, 2.45) is 56.7 Å². The summed E-state index contributed by atoms with van der Waals surface area (Å²) >= 11 is 0. The van der Waals surface area contributed by atoms with Crippen LogP contribution >= 0.6 is 0 Å². The molecule has 4 fully saturated rings. The Bertz CT molecular complexity index is 874. The molecule has 33 heavy (non-hydrogen) atoms. The summed E-state index contributed by atoms with van der Waals surface area (Å²) in [7, 11) is 0. The van der Waals surface area contributed by atoms with E-state index in [1.807, 2.05) is 0 Å². The summed E-state index contributed by atoms with van der Waals surface area (Å²) in [6.07, 6.45) is 11.6. The zero-order chi connectivity index (χ0) is 24.2. The van der Waals surface area contributed by atoms with E-state index in [-0.39, 0.29) is 33.7 Å². The van der Waals surface area contributed by atoms with Crippen LogP contribution < -0.4 is 0 Å². The molecular weight excluding hydrogens is 408 g/mol. The van der Waals surface area contributed by atoms with Crippen molar-refractivity contribution in [2.75, 3.05) is 0 Å². The van der Waals surface area contributed by atoms with Gasteiger partial charge in [-0.05, 0) is 109 Å². The molecule has 5 aliphatic carbocycles. The van der Waals surface area contributed by atoms with Gasteiger partial charge in [0.2, 0.25) is 0 Å². The third-order valence-electron chi connectivity index (χ3n) is 13.4. The molecule has 10 atom stereocenters.